The molecule has 0 saturated heterocycles. The van der Waals surface area contributed by atoms with Gasteiger partial charge in [-0.05, 0) is 12.5 Å². The predicted molar refractivity (Wildman–Crippen MR) is 66.3 cm³/mol. The highest BCUT2D eigenvalue weighted by molar-refractivity contribution is 5.98. The van der Waals surface area contributed by atoms with E-state index in [0.29, 0.717) is 6.42 Å². The van der Waals surface area contributed by atoms with Gasteiger partial charge in [0.05, 0.1) is 11.0 Å². The van der Waals surface area contributed by atoms with Crippen LogP contribution in [0.15, 0.2) is 18.2 Å². The third-order valence-corrected chi connectivity index (χ3v) is 2.40. The number of rotatable bonds is 5. The highest BCUT2D eigenvalue weighted by Crippen LogP contribution is 2.33. The molecular weight excluding hydrogens is 238 g/mol. The molecule has 7 nitrogen and oxygen atoms in total. The topological polar surface area (TPSA) is 118 Å². The summed E-state index contributed by atoms with van der Waals surface area (Å²) in [6.45, 7) is 1.87. The van der Waals surface area contributed by atoms with Gasteiger partial charge in [0.2, 0.25) is 5.91 Å². The van der Waals surface area contributed by atoms with Crippen molar-refractivity contribution in [3.05, 3.63) is 28.3 Å². The Hall–Kier alpha value is -2.15. The molecule has 1 amide bonds. The number of phenols is 1. The molecule has 0 aromatic heterocycles. The number of nitro benzene ring substituents is 1. The van der Waals surface area contributed by atoms with Gasteiger partial charge in [0.25, 0.3) is 5.69 Å². The molecule has 0 unspecified atom stereocenters. The second kappa shape index (κ2) is 5.97. The summed E-state index contributed by atoms with van der Waals surface area (Å²) in [6, 6.07) is 3.03. The van der Waals surface area contributed by atoms with E-state index in [1.165, 1.54) is 18.2 Å². The van der Waals surface area contributed by atoms with E-state index in [-0.39, 0.29) is 17.1 Å². The van der Waals surface area contributed by atoms with Gasteiger partial charge in [-0.1, -0.05) is 19.4 Å². The van der Waals surface area contributed by atoms with Crippen LogP contribution in [0.1, 0.15) is 19.8 Å². The number of amides is 1. The number of carbonyl (C=O) groups excluding carboxylic acids is 1. The zero-order chi connectivity index (χ0) is 13.7. The molecule has 1 rings (SSSR count). The molecule has 1 atom stereocenters. The van der Waals surface area contributed by atoms with E-state index in [4.69, 9.17) is 5.73 Å². The maximum atomic E-state index is 11.7. The van der Waals surface area contributed by atoms with Crippen LogP contribution in [0.2, 0.25) is 0 Å². The maximum Gasteiger partial charge on any atom is 0.296 e. The predicted octanol–water partition coefficient (Wildman–Crippen LogP) is 1.37. The highest BCUT2D eigenvalue weighted by Gasteiger charge is 2.21. The lowest BCUT2D eigenvalue weighted by atomic mass is 10.1. The molecule has 18 heavy (non-hydrogen) atoms. The summed E-state index contributed by atoms with van der Waals surface area (Å²) in [5, 5.41) is 22.6. The Bertz CT molecular complexity index is 462. The molecule has 0 bridgehead atoms. The molecule has 0 aliphatic rings. The first kappa shape index (κ1) is 13.9. The number of hydrogen-bond acceptors (Lipinski definition) is 5. The number of carbonyl (C=O) groups is 1. The summed E-state index contributed by atoms with van der Waals surface area (Å²) in [7, 11) is 0. The maximum absolute atomic E-state index is 11.7. The number of nitrogens with zero attached hydrogens (tertiary/aromatic N) is 1. The smallest absolute Gasteiger partial charge is 0.296 e. The first-order valence-electron chi connectivity index (χ1n) is 5.50. The van der Waals surface area contributed by atoms with Crippen molar-refractivity contribution in [3.8, 4) is 5.75 Å². The summed E-state index contributed by atoms with van der Waals surface area (Å²) in [6.07, 6.45) is 1.19. The number of anilines is 1. The van der Waals surface area contributed by atoms with Crippen molar-refractivity contribution in [2.75, 3.05) is 5.32 Å². The van der Waals surface area contributed by atoms with Crippen molar-refractivity contribution in [2.45, 2.75) is 25.8 Å². The monoisotopic (exact) mass is 253 g/mol. The van der Waals surface area contributed by atoms with Crippen LogP contribution in [0.25, 0.3) is 0 Å². The minimum absolute atomic E-state index is 0.223. The Labute approximate surface area is 104 Å². The standard InChI is InChI=1S/C11H15N3O4/c1-2-4-7(12)11(16)13-10-8(14(17)18)5-3-6-9(10)15/h3,5-7,15H,2,4,12H2,1H3,(H,13,16)/t7-/m1/s1. The normalized spacial score (nSPS) is 11.9. The molecule has 0 radical (unpaired) electrons. The number of para-hydroxylation sites is 1. The number of benzene rings is 1. The van der Waals surface area contributed by atoms with Gasteiger partial charge in [-0.3, -0.25) is 14.9 Å². The quantitative estimate of drug-likeness (QED) is 0.416. The Morgan fingerprint density at radius 1 is 1.61 bits per heavy atom. The zero-order valence-electron chi connectivity index (χ0n) is 9.92. The zero-order valence-corrected chi connectivity index (χ0v) is 9.92. The van der Waals surface area contributed by atoms with Crippen molar-refractivity contribution >= 4 is 17.3 Å². The molecule has 0 saturated carbocycles. The molecule has 0 spiro atoms. The van der Waals surface area contributed by atoms with E-state index in [1.54, 1.807) is 0 Å². The summed E-state index contributed by atoms with van der Waals surface area (Å²) in [5.41, 5.74) is 5.00. The Morgan fingerprint density at radius 3 is 2.83 bits per heavy atom. The molecule has 0 aliphatic carbocycles. The van der Waals surface area contributed by atoms with Crippen LogP contribution in [-0.2, 0) is 4.79 Å². The van der Waals surface area contributed by atoms with Crippen molar-refractivity contribution in [3.63, 3.8) is 0 Å². The number of nitrogens with two attached hydrogens (primary N) is 1. The first-order valence-corrected chi connectivity index (χ1v) is 5.50. The summed E-state index contributed by atoms with van der Waals surface area (Å²) in [4.78, 5) is 21.7. The van der Waals surface area contributed by atoms with Gasteiger partial charge in [0.1, 0.15) is 5.75 Å². The number of hydrogen-bond donors (Lipinski definition) is 3. The van der Waals surface area contributed by atoms with Crippen LogP contribution in [0.4, 0.5) is 11.4 Å². The minimum atomic E-state index is -0.755. The van der Waals surface area contributed by atoms with Gasteiger partial charge in [-0.2, -0.15) is 0 Å². The lowest BCUT2D eigenvalue weighted by Crippen LogP contribution is -2.35. The van der Waals surface area contributed by atoms with Gasteiger partial charge in [-0.15, -0.1) is 0 Å². The summed E-state index contributed by atoms with van der Waals surface area (Å²) < 4.78 is 0. The van der Waals surface area contributed by atoms with Crippen LogP contribution >= 0.6 is 0 Å². The summed E-state index contributed by atoms with van der Waals surface area (Å²) >= 11 is 0. The fourth-order valence-corrected chi connectivity index (χ4v) is 1.47. The SMILES string of the molecule is CCC[C@@H](N)C(=O)Nc1c(O)cccc1[N+](=O)[O-]. The lowest BCUT2D eigenvalue weighted by molar-refractivity contribution is -0.384. The Balaban J connectivity index is 2.96. The Morgan fingerprint density at radius 2 is 2.28 bits per heavy atom. The largest absolute Gasteiger partial charge is 0.505 e. The van der Waals surface area contributed by atoms with E-state index in [9.17, 15) is 20.0 Å². The van der Waals surface area contributed by atoms with Crippen LogP contribution in [0, 0.1) is 10.1 Å². The number of nitrogens with one attached hydrogen (secondary N) is 1. The molecule has 98 valence electrons. The van der Waals surface area contributed by atoms with Gasteiger partial charge in [0.15, 0.2) is 5.69 Å². The lowest BCUT2D eigenvalue weighted by Gasteiger charge is -2.12. The number of aromatic hydroxyl groups is 1. The molecule has 1 aromatic rings. The molecule has 0 heterocycles. The van der Waals surface area contributed by atoms with Gasteiger partial charge in [-0.25, -0.2) is 0 Å². The van der Waals surface area contributed by atoms with Gasteiger partial charge >= 0.3 is 0 Å². The van der Waals surface area contributed by atoms with E-state index in [2.05, 4.69) is 5.32 Å². The van der Waals surface area contributed by atoms with E-state index >= 15 is 0 Å². The number of nitro groups is 1. The van der Waals surface area contributed by atoms with Crippen molar-refractivity contribution in [1.82, 2.24) is 0 Å². The third kappa shape index (κ3) is 3.17. The average Bonchev–Trinajstić information content (AvgIpc) is 2.31. The van der Waals surface area contributed by atoms with Crippen molar-refractivity contribution in [2.24, 2.45) is 5.73 Å². The molecule has 0 aliphatic heterocycles. The van der Waals surface area contributed by atoms with E-state index < -0.39 is 16.9 Å². The molecule has 4 N–H and O–H groups in total. The number of phenolic OH excluding ortho intramolecular Hbond substituents is 1. The highest BCUT2D eigenvalue weighted by atomic mass is 16.6. The van der Waals surface area contributed by atoms with Gasteiger partial charge < -0.3 is 16.2 Å². The fourth-order valence-electron chi connectivity index (χ4n) is 1.47. The minimum Gasteiger partial charge on any atom is -0.505 e. The van der Waals surface area contributed by atoms with Crippen LogP contribution in [-0.4, -0.2) is 22.0 Å². The average molecular weight is 253 g/mol. The van der Waals surface area contributed by atoms with Crippen LogP contribution < -0.4 is 11.1 Å². The fraction of sp³-hybridized carbons (Fsp3) is 0.364. The molecular formula is C11H15N3O4. The van der Waals surface area contributed by atoms with Crippen molar-refractivity contribution in [1.29, 1.82) is 0 Å². The molecule has 1 aromatic carbocycles. The second-order valence-corrected chi connectivity index (χ2v) is 3.81. The first-order chi connectivity index (χ1) is 8.47. The summed E-state index contributed by atoms with van der Waals surface area (Å²) in [5.74, 6) is -0.914. The van der Waals surface area contributed by atoms with Crippen LogP contribution in [0.5, 0.6) is 5.75 Å². The van der Waals surface area contributed by atoms with E-state index in [0.717, 1.165) is 6.42 Å². The molecule has 7 heteroatoms. The van der Waals surface area contributed by atoms with Gasteiger partial charge in [0, 0.05) is 6.07 Å². The molecule has 0 fully saturated rings. The second-order valence-electron chi connectivity index (χ2n) is 3.81. The van der Waals surface area contributed by atoms with Crippen LogP contribution in [0.3, 0.4) is 0 Å². The Kier molecular flexibility index (Phi) is 4.61. The van der Waals surface area contributed by atoms with Crippen molar-refractivity contribution < 1.29 is 14.8 Å². The van der Waals surface area contributed by atoms with E-state index in [1.807, 2.05) is 6.92 Å². The third-order valence-electron chi connectivity index (χ3n) is 2.40.